The second kappa shape index (κ2) is 7.21. The van der Waals surface area contributed by atoms with E-state index in [0.717, 1.165) is 26.3 Å². The fraction of sp³-hybridized carbons (Fsp3) is 0.263. The third kappa shape index (κ3) is 3.81. The molecule has 2 nitrogen and oxygen atoms in total. The average Bonchev–Trinajstić information content (AvgIpc) is 2.58. The van der Waals surface area contributed by atoms with Crippen molar-refractivity contribution < 1.29 is 4.74 Å². The molecule has 1 aliphatic heterocycles. The van der Waals surface area contributed by atoms with Gasteiger partial charge in [-0.2, -0.15) is 0 Å². The minimum atomic E-state index is 0.315. The lowest BCUT2D eigenvalue weighted by Crippen LogP contribution is -2.38. The molecule has 0 aliphatic carbocycles. The van der Waals surface area contributed by atoms with Gasteiger partial charge < -0.3 is 4.74 Å². The van der Waals surface area contributed by atoms with E-state index in [-0.39, 0.29) is 0 Å². The Labute approximate surface area is 126 Å². The van der Waals surface area contributed by atoms with Crippen LogP contribution in [0, 0.1) is 0 Å². The Morgan fingerprint density at radius 3 is 2.14 bits per heavy atom. The molecule has 2 aromatic rings. The minimum absolute atomic E-state index is 0.315. The largest absolute Gasteiger partial charge is 0.379 e. The van der Waals surface area contributed by atoms with Gasteiger partial charge in [-0.25, -0.2) is 0 Å². The number of nitrogens with zero attached hydrogens (tertiary/aromatic N) is 1. The van der Waals surface area contributed by atoms with Gasteiger partial charge in [-0.05, 0) is 11.1 Å². The molecule has 108 valence electrons. The molecule has 0 radical (unpaired) electrons. The van der Waals surface area contributed by atoms with Crippen LogP contribution in [0.5, 0.6) is 0 Å². The predicted molar refractivity (Wildman–Crippen MR) is 87.1 cm³/mol. The zero-order valence-corrected chi connectivity index (χ0v) is 12.2. The smallest absolute Gasteiger partial charge is 0.0594 e. The summed E-state index contributed by atoms with van der Waals surface area (Å²) in [7, 11) is 0. The highest BCUT2D eigenvalue weighted by atomic mass is 16.5. The third-order valence-electron chi connectivity index (χ3n) is 3.85. The van der Waals surface area contributed by atoms with Gasteiger partial charge in [-0.1, -0.05) is 72.8 Å². The molecule has 0 amide bonds. The summed E-state index contributed by atoms with van der Waals surface area (Å²) in [5.74, 6) is 0. The Morgan fingerprint density at radius 2 is 1.48 bits per heavy atom. The van der Waals surface area contributed by atoms with Gasteiger partial charge in [0.1, 0.15) is 0 Å². The lowest BCUT2D eigenvalue weighted by atomic mass is 10.0. The van der Waals surface area contributed by atoms with E-state index in [0.29, 0.717) is 6.04 Å². The first-order valence-electron chi connectivity index (χ1n) is 7.53. The second-order valence-electron chi connectivity index (χ2n) is 5.27. The first-order chi connectivity index (χ1) is 10.4. The van der Waals surface area contributed by atoms with Gasteiger partial charge in [0, 0.05) is 13.1 Å². The van der Waals surface area contributed by atoms with Crippen LogP contribution in [-0.4, -0.2) is 31.2 Å². The summed E-state index contributed by atoms with van der Waals surface area (Å²) in [6.07, 6.45) is 4.52. The molecule has 2 aromatic carbocycles. The van der Waals surface area contributed by atoms with Crippen molar-refractivity contribution in [3.8, 4) is 0 Å². The van der Waals surface area contributed by atoms with E-state index in [4.69, 9.17) is 4.74 Å². The minimum Gasteiger partial charge on any atom is -0.379 e. The number of rotatable bonds is 4. The van der Waals surface area contributed by atoms with Crippen molar-refractivity contribution in [2.75, 3.05) is 26.3 Å². The third-order valence-corrected chi connectivity index (χ3v) is 3.85. The molecule has 1 atom stereocenters. The van der Waals surface area contributed by atoms with E-state index >= 15 is 0 Å². The van der Waals surface area contributed by atoms with Gasteiger partial charge in [0.2, 0.25) is 0 Å². The van der Waals surface area contributed by atoms with Crippen LogP contribution in [0.25, 0.3) is 6.08 Å². The topological polar surface area (TPSA) is 12.5 Å². The number of morpholine rings is 1. The van der Waals surface area contributed by atoms with Crippen molar-refractivity contribution in [1.82, 2.24) is 4.90 Å². The summed E-state index contributed by atoms with van der Waals surface area (Å²) in [4.78, 5) is 2.48. The predicted octanol–water partition coefficient (Wildman–Crippen LogP) is 3.77. The number of hydrogen-bond donors (Lipinski definition) is 0. The van der Waals surface area contributed by atoms with Crippen LogP contribution in [0.15, 0.2) is 66.7 Å². The molecule has 3 rings (SSSR count). The molecule has 1 unspecified atom stereocenters. The normalized spacial score (nSPS) is 17.9. The molecular formula is C19H21NO. The number of benzene rings is 2. The zero-order valence-electron chi connectivity index (χ0n) is 12.2. The lowest BCUT2D eigenvalue weighted by molar-refractivity contribution is 0.0254. The van der Waals surface area contributed by atoms with Crippen molar-refractivity contribution in [3.05, 3.63) is 77.9 Å². The maximum atomic E-state index is 5.48. The zero-order chi connectivity index (χ0) is 14.3. The molecule has 1 fully saturated rings. The van der Waals surface area contributed by atoms with Crippen LogP contribution < -0.4 is 0 Å². The quantitative estimate of drug-likeness (QED) is 0.844. The number of ether oxygens (including phenoxy) is 1. The van der Waals surface area contributed by atoms with Crippen molar-refractivity contribution in [3.63, 3.8) is 0 Å². The maximum Gasteiger partial charge on any atom is 0.0594 e. The molecular weight excluding hydrogens is 258 g/mol. The Balaban J connectivity index is 1.83. The first-order valence-corrected chi connectivity index (χ1v) is 7.53. The van der Waals surface area contributed by atoms with Crippen LogP contribution in [-0.2, 0) is 4.74 Å². The molecule has 1 saturated heterocycles. The molecule has 2 heteroatoms. The van der Waals surface area contributed by atoms with Gasteiger partial charge in [0.05, 0.1) is 19.3 Å². The van der Waals surface area contributed by atoms with Gasteiger partial charge in [-0.3, -0.25) is 4.90 Å². The summed E-state index contributed by atoms with van der Waals surface area (Å²) in [6, 6.07) is 21.5. The van der Waals surface area contributed by atoms with Gasteiger partial charge in [0.25, 0.3) is 0 Å². The van der Waals surface area contributed by atoms with Gasteiger partial charge in [-0.15, -0.1) is 0 Å². The molecule has 0 spiro atoms. The van der Waals surface area contributed by atoms with E-state index in [1.54, 1.807) is 0 Å². The lowest BCUT2D eigenvalue weighted by Gasteiger charge is -2.33. The Bertz CT molecular complexity index is 559. The Morgan fingerprint density at radius 1 is 0.857 bits per heavy atom. The van der Waals surface area contributed by atoms with E-state index in [9.17, 15) is 0 Å². The van der Waals surface area contributed by atoms with Gasteiger partial charge in [0.15, 0.2) is 0 Å². The van der Waals surface area contributed by atoms with Crippen LogP contribution in [0.1, 0.15) is 17.2 Å². The fourth-order valence-corrected chi connectivity index (χ4v) is 2.72. The van der Waals surface area contributed by atoms with Crippen molar-refractivity contribution >= 4 is 6.08 Å². The highest BCUT2D eigenvalue weighted by Crippen LogP contribution is 2.24. The summed E-state index contributed by atoms with van der Waals surface area (Å²) in [5.41, 5.74) is 2.58. The van der Waals surface area contributed by atoms with Crippen molar-refractivity contribution in [1.29, 1.82) is 0 Å². The van der Waals surface area contributed by atoms with Crippen molar-refractivity contribution in [2.45, 2.75) is 6.04 Å². The Kier molecular flexibility index (Phi) is 4.82. The molecule has 0 bridgehead atoms. The van der Waals surface area contributed by atoms with Crippen molar-refractivity contribution in [2.24, 2.45) is 0 Å². The summed E-state index contributed by atoms with van der Waals surface area (Å²) in [5, 5.41) is 0. The van der Waals surface area contributed by atoms with E-state index in [2.05, 4.69) is 71.6 Å². The summed E-state index contributed by atoms with van der Waals surface area (Å²) in [6.45, 7) is 3.61. The van der Waals surface area contributed by atoms with Gasteiger partial charge >= 0.3 is 0 Å². The van der Waals surface area contributed by atoms with Crippen LogP contribution in [0.3, 0.4) is 0 Å². The highest BCUT2D eigenvalue weighted by Gasteiger charge is 2.19. The first kappa shape index (κ1) is 14.1. The van der Waals surface area contributed by atoms with E-state index in [1.807, 2.05) is 6.07 Å². The van der Waals surface area contributed by atoms with Crippen LogP contribution in [0.2, 0.25) is 0 Å². The molecule has 21 heavy (non-hydrogen) atoms. The average molecular weight is 279 g/mol. The number of hydrogen-bond acceptors (Lipinski definition) is 2. The second-order valence-corrected chi connectivity index (χ2v) is 5.27. The Hall–Kier alpha value is -1.90. The molecule has 1 aliphatic rings. The highest BCUT2D eigenvalue weighted by molar-refractivity contribution is 5.50. The molecule has 0 saturated carbocycles. The molecule has 0 N–H and O–H groups in total. The van der Waals surface area contributed by atoms with Crippen LogP contribution >= 0.6 is 0 Å². The standard InChI is InChI=1S/C19H21NO/c1-3-7-17(8-4-1)11-12-19(18-9-5-2-6-10-18)20-13-15-21-16-14-20/h1-12,19H,13-16H2. The monoisotopic (exact) mass is 279 g/mol. The van der Waals surface area contributed by atoms with E-state index < -0.39 is 0 Å². The maximum absolute atomic E-state index is 5.48. The SMILES string of the molecule is C(=CC(c1ccccc1)N1CCOCC1)c1ccccc1. The van der Waals surface area contributed by atoms with E-state index in [1.165, 1.54) is 11.1 Å². The molecule has 0 aromatic heterocycles. The summed E-state index contributed by atoms with van der Waals surface area (Å²) >= 11 is 0. The van der Waals surface area contributed by atoms with Crippen LogP contribution in [0.4, 0.5) is 0 Å². The molecule has 1 heterocycles. The fourth-order valence-electron chi connectivity index (χ4n) is 2.72. The summed E-state index contributed by atoms with van der Waals surface area (Å²) < 4.78 is 5.48.